The zero-order chi connectivity index (χ0) is 14.4. The van der Waals surface area contributed by atoms with Crippen molar-refractivity contribution >= 4 is 23.5 Å². The predicted octanol–water partition coefficient (Wildman–Crippen LogP) is 2.06. The lowest BCUT2D eigenvalue weighted by Crippen LogP contribution is -2.33. The number of rotatable bonds is 4. The summed E-state index contributed by atoms with van der Waals surface area (Å²) in [5, 5.41) is 11.5. The molecule has 6 heteroatoms. The molecule has 1 aromatic carbocycles. The average molecular weight is 287 g/mol. The van der Waals surface area contributed by atoms with E-state index < -0.39 is 0 Å². The third kappa shape index (κ3) is 4.17. The van der Waals surface area contributed by atoms with E-state index in [4.69, 9.17) is 12.2 Å². The lowest BCUT2D eigenvalue weighted by atomic mass is 10.2. The lowest BCUT2D eigenvalue weighted by Gasteiger charge is -2.18. The van der Waals surface area contributed by atoms with Crippen molar-refractivity contribution in [3.8, 4) is 0 Å². The Morgan fingerprint density at radius 3 is 2.85 bits per heavy atom. The van der Waals surface area contributed by atoms with Crippen LogP contribution in [0.25, 0.3) is 0 Å². The van der Waals surface area contributed by atoms with E-state index in [2.05, 4.69) is 32.9 Å². The van der Waals surface area contributed by atoms with Gasteiger partial charge in [-0.15, -0.1) is 0 Å². The molecule has 1 aromatic heterocycles. The maximum absolute atomic E-state index is 5.27. The highest BCUT2D eigenvalue weighted by Crippen LogP contribution is 2.02. The minimum Gasteiger partial charge on any atom is -0.347 e. The standard InChI is InChI=1S/C14H17N5S/c1-11-8-13(17-16-11)9-15-18-14(20)19(2)10-12-6-4-3-5-7-12/h3-9H,10H2,1-2H3,(H,16,17)(H,18,20)/b15-9-. The van der Waals surface area contributed by atoms with Gasteiger partial charge < -0.3 is 4.90 Å². The molecule has 2 N–H and O–H groups in total. The summed E-state index contributed by atoms with van der Waals surface area (Å²) in [5.41, 5.74) is 5.80. The van der Waals surface area contributed by atoms with Crippen LogP contribution >= 0.6 is 12.2 Å². The fourth-order valence-electron chi connectivity index (χ4n) is 1.67. The second-order valence-corrected chi connectivity index (χ2v) is 4.88. The Balaban J connectivity index is 1.84. The molecule has 0 saturated carbocycles. The van der Waals surface area contributed by atoms with E-state index in [1.165, 1.54) is 5.56 Å². The Kier molecular flexibility index (Phi) is 4.84. The minimum absolute atomic E-state index is 0.567. The van der Waals surface area contributed by atoms with Crippen LogP contribution in [0.3, 0.4) is 0 Å². The first-order valence-corrected chi connectivity index (χ1v) is 6.66. The summed E-state index contributed by atoms with van der Waals surface area (Å²) in [4.78, 5) is 1.93. The highest BCUT2D eigenvalue weighted by molar-refractivity contribution is 7.80. The van der Waals surface area contributed by atoms with Gasteiger partial charge in [0.2, 0.25) is 0 Å². The number of thiocarbonyl (C=S) groups is 1. The van der Waals surface area contributed by atoms with Crippen LogP contribution in [0.4, 0.5) is 0 Å². The van der Waals surface area contributed by atoms with Gasteiger partial charge in [0.05, 0.1) is 6.21 Å². The molecule has 0 atom stereocenters. The van der Waals surface area contributed by atoms with Crippen LogP contribution in [0.1, 0.15) is 17.0 Å². The number of hydrogen-bond donors (Lipinski definition) is 2. The van der Waals surface area contributed by atoms with E-state index in [1.54, 1.807) is 6.21 Å². The monoisotopic (exact) mass is 287 g/mol. The molecular formula is C14H17N5S. The number of aromatic nitrogens is 2. The van der Waals surface area contributed by atoms with Crippen molar-refractivity contribution in [2.24, 2.45) is 5.10 Å². The number of hydrazone groups is 1. The lowest BCUT2D eigenvalue weighted by molar-refractivity contribution is 0.491. The van der Waals surface area contributed by atoms with E-state index in [1.807, 2.05) is 43.1 Å². The van der Waals surface area contributed by atoms with Crippen LogP contribution in [-0.4, -0.2) is 33.5 Å². The number of hydrogen-bond acceptors (Lipinski definition) is 3. The van der Waals surface area contributed by atoms with Gasteiger partial charge in [-0.25, -0.2) is 0 Å². The molecule has 5 nitrogen and oxygen atoms in total. The Bertz CT molecular complexity index is 591. The van der Waals surface area contributed by atoms with E-state index in [9.17, 15) is 0 Å². The summed E-state index contributed by atoms with van der Waals surface area (Å²) < 4.78 is 0. The van der Waals surface area contributed by atoms with Crippen LogP contribution in [0.15, 0.2) is 41.5 Å². The van der Waals surface area contributed by atoms with Gasteiger partial charge in [0.1, 0.15) is 5.69 Å². The maximum atomic E-state index is 5.27. The van der Waals surface area contributed by atoms with E-state index in [-0.39, 0.29) is 0 Å². The first-order chi connectivity index (χ1) is 9.65. The highest BCUT2D eigenvalue weighted by Gasteiger charge is 2.03. The summed E-state index contributed by atoms with van der Waals surface area (Å²) in [5.74, 6) is 0. The molecule has 20 heavy (non-hydrogen) atoms. The fourth-order valence-corrected chi connectivity index (χ4v) is 1.79. The zero-order valence-corrected chi connectivity index (χ0v) is 12.3. The molecule has 104 valence electrons. The summed E-state index contributed by atoms with van der Waals surface area (Å²) in [6.07, 6.45) is 1.63. The number of aryl methyl sites for hydroxylation is 1. The Hall–Kier alpha value is -2.21. The molecule has 0 aliphatic carbocycles. The van der Waals surface area contributed by atoms with Crippen LogP contribution in [0, 0.1) is 6.92 Å². The SMILES string of the molecule is Cc1cc(/C=N\NC(=S)N(C)Cc2ccccc2)n[nH]1. The van der Waals surface area contributed by atoms with E-state index in [0.29, 0.717) is 5.11 Å². The van der Waals surface area contributed by atoms with Gasteiger partial charge in [-0.05, 0) is 30.8 Å². The third-order valence-corrected chi connectivity index (χ3v) is 3.09. The molecule has 0 aliphatic rings. The van der Waals surface area contributed by atoms with Gasteiger partial charge >= 0.3 is 0 Å². The van der Waals surface area contributed by atoms with Crippen molar-refractivity contribution in [3.05, 3.63) is 53.3 Å². The first-order valence-electron chi connectivity index (χ1n) is 6.25. The second-order valence-electron chi connectivity index (χ2n) is 4.49. The van der Waals surface area contributed by atoms with Crippen molar-refractivity contribution in [2.75, 3.05) is 7.05 Å². The topological polar surface area (TPSA) is 56.3 Å². The number of nitrogens with zero attached hydrogens (tertiary/aromatic N) is 3. The van der Waals surface area contributed by atoms with Gasteiger partial charge in [0.25, 0.3) is 0 Å². The Morgan fingerprint density at radius 2 is 2.20 bits per heavy atom. The molecule has 0 unspecified atom stereocenters. The summed E-state index contributed by atoms with van der Waals surface area (Å²) >= 11 is 5.27. The molecule has 0 amide bonds. The normalized spacial score (nSPS) is 10.7. The molecule has 2 aromatic rings. The Labute approximate surface area is 123 Å². The molecule has 0 aliphatic heterocycles. The fraction of sp³-hybridized carbons (Fsp3) is 0.214. The maximum Gasteiger partial charge on any atom is 0.189 e. The number of nitrogens with one attached hydrogen (secondary N) is 2. The van der Waals surface area contributed by atoms with Crippen molar-refractivity contribution in [2.45, 2.75) is 13.5 Å². The van der Waals surface area contributed by atoms with Crippen LogP contribution < -0.4 is 5.43 Å². The van der Waals surface area contributed by atoms with Gasteiger partial charge in [0, 0.05) is 19.3 Å². The Morgan fingerprint density at radius 1 is 1.45 bits per heavy atom. The molecule has 0 saturated heterocycles. The zero-order valence-electron chi connectivity index (χ0n) is 11.5. The summed E-state index contributed by atoms with van der Waals surface area (Å²) in [6, 6.07) is 12.1. The summed E-state index contributed by atoms with van der Waals surface area (Å²) in [7, 11) is 1.93. The number of H-pyrrole nitrogens is 1. The van der Waals surface area contributed by atoms with Gasteiger partial charge in [-0.2, -0.15) is 10.2 Å². The van der Waals surface area contributed by atoms with Crippen molar-refractivity contribution in [1.29, 1.82) is 0 Å². The molecule has 0 bridgehead atoms. The molecule has 0 spiro atoms. The number of aromatic amines is 1. The molecular weight excluding hydrogens is 270 g/mol. The van der Waals surface area contributed by atoms with E-state index >= 15 is 0 Å². The third-order valence-electron chi connectivity index (χ3n) is 2.69. The average Bonchev–Trinajstić information content (AvgIpc) is 2.85. The van der Waals surface area contributed by atoms with E-state index in [0.717, 1.165) is 17.9 Å². The van der Waals surface area contributed by atoms with Crippen LogP contribution in [0.2, 0.25) is 0 Å². The van der Waals surface area contributed by atoms with Gasteiger partial charge in [-0.1, -0.05) is 30.3 Å². The van der Waals surface area contributed by atoms with Crippen LogP contribution in [-0.2, 0) is 6.54 Å². The molecule has 0 fully saturated rings. The molecule has 1 heterocycles. The second kappa shape index (κ2) is 6.81. The first kappa shape index (κ1) is 14.2. The minimum atomic E-state index is 0.567. The smallest absolute Gasteiger partial charge is 0.189 e. The van der Waals surface area contributed by atoms with Crippen LogP contribution in [0.5, 0.6) is 0 Å². The number of benzene rings is 1. The van der Waals surface area contributed by atoms with Crippen molar-refractivity contribution < 1.29 is 0 Å². The quantitative estimate of drug-likeness (QED) is 0.513. The highest BCUT2D eigenvalue weighted by atomic mass is 32.1. The van der Waals surface area contributed by atoms with Crippen molar-refractivity contribution in [3.63, 3.8) is 0 Å². The predicted molar refractivity (Wildman–Crippen MR) is 84.6 cm³/mol. The molecule has 0 radical (unpaired) electrons. The summed E-state index contributed by atoms with van der Waals surface area (Å²) in [6.45, 7) is 2.68. The largest absolute Gasteiger partial charge is 0.347 e. The van der Waals surface area contributed by atoms with Gasteiger partial charge in [-0.3, -0.25) is 10.5 Å². The molecule has 2 rings (SSSR count). The van der Waals surface area contributed by atoms with Gasteiger partial charge in [0.15, 0.2) is 5.11 Å². The van der Waals surface area contributed by atoms with Crippen molar-refractivity contribution in [1.82, 2.24) is 20.5 Å².